The van der Waals surface area contributed by atoms with E-state index in [9.17, 15) is 0 Å². The second kappa shape index (κ2) is 7.06. The molecule has 3 heteroatoms. The number of nitrogens with one attached hydrogen (secondary N) is 1. The number of nitrogens with zero attached hydrogens (tertiary/aromatic N) is 1. The van der Waals surface area contributed by atoms with Crippen molar-refractivity contribution in [1.82, 2.24) is 10.3 Å². The summed E-state index contributed by atoms with van der Waals surface area (Å²) < 4.78 is 0. The van der Waals surface area contributed by atoms with Crippen LogP contribution in [0, 0.1) is 6.92 Å². The maximum atomic E-state index is 5.75. The quantitative estimate of drug-likeness (QED) is 0.848. The minimum absolute atomic E-state index is 0.421. The molecule has 0 spiro atoms. The van der Waals surface area contributed by atoms with Crippen LogP contribution in [-0.4, -0.2) is 17.6 Å². The predicted molar refractivity (Wildman–Crippen MR) is 84.7 cm³/mol. The largest absolute Gasteiger partial charge is 0.384 e. The molecule has 106 valence electrons. The Morgan fingerprint density at radius 3 is 2.45 bits per heavy atom. The molecule has 2 rings (SSSR count). The number of pyridine rings is 1. The zero-order chi connectivity index (χ0) is 14.4. The average molecular weight is 269 g/mol. The van der Waals surface area contributed by atoms with Gasteiger partial charge in [-0.1, -0.05) is 36.8 Å². The molecule has 0 saturated carbocycles. The van der Waals surface area contributed by atoms with Gasteiger partial charge >= 0.3 is 0 Å². The molecule has 0 amide bonds. The molecule has 0 bridgehead atoms. The Morgan fingerprint density at radius 2 is 1.80 bits per heavy atom. The summed E-state index contributed by atoms with van der Waals surface area (Å²) in [6.45, 7) is 5.23. The summed E-state index contributed by atoms with van der Waals surface area (Å²) in [5, 5.41) is 3.55. The molecule has 20 heavy (non-hydrogen) atoms. The van der Waals surface area contributed by atoms with Crippen LogP contribution in [0.5, 0.6) is 0 Å². The first-order valence-electron chi connectivity index (χ1n) is 7.16. The summed E-state index contributed by atoms with van der Waals surface area (Å²) in [4.78, 5) is 4.04. The summed E-state index contributed by atoms with van der Waals surface area (Å²) in [5.74, 6) is 0.591. The van der Waals surface area contributed by atoms with Crippen molar-refractivity contribution in [1.29, 1.82) is 0 Å². The van der Waals surface area contributed by atoms with Crippen molar-refractivity contribution in [2.24, 2.45) is 0 Å². The third-order valence-electron chi connectivity index (χ3n) is 3.42. The van der Waals surface area contributed by atoms with Gasteiger partial charge in [0.05, 0.1) is 0 Å². The molecule has 0 saturated heterocycles. The highest BCUT2D eigenvalue weighted by molar-refractivity contribution is 5.32. The van der Waals surface area contributed by atoms with Crippen molar-refractivity contribution >= 4 is 5.82 Å². The molecule has 1 unspecified atom stereocenters. The van der Waals surface area contributed by atoms with E-state index in [0.29, 0.717) is 11.9 Å². The van der Waals surface area contributed by atoms with Gasteiger partial charge in [0.1, 0.15) is 5.82 Å². The number of likely N-dealkylation sites (N-methyl/N-ethyl adjacent to an activating group) is 1. The first kappa shape index (κ1) is 14.5. The molecule has 0 aliphatic carbocycles. The number of hydrogen-bond acceptors (Lipinski definition) is 3. The Labute approximate surface area is 121 Å². The topological polar surface area (TPSA) is 50.9 Å². The second-order valence-electron chi connectivity index (χ2n) is 5.24. The first-order valence-corrected chi connectivity index (χ1v) is 7.16. The molecule has 3 N–H and O–H groups in total. The van der Waals surface area contributed by atoms with Crippen molar-refractivity contribution in [2.45, 2.75) is 32.7 Å². The monoisotopic (exact) mass is 269 g/mol. The minimum Gasteiger partial charge on any atom is -0.384 e. The molecule has 0 fully saturated rings. The highest BCUT2D eigenvalue weighted by atomic mass is 14.9. The van der Waals surface area contributed by atoms with E-state index in [4.69, 9.17) is 5.73 Å². The van der Waals surface area contributed by atoms with Gasteiger partial charge in [0.15, 0.2) is 0 Å². The van der Waals surface area contributed by atoms with E-state index in [2.05, 4.69) is 48.4 Å². The van der Waals surface area contributed by atoms with Crippen LogP contribution in [0.3, 0.4) is 0 Å². The summed E-state index contributed by atoms with van der Waals surface area (Å²) >= 11 is 0. The minimum atomic E-state index is 0.421. The van der Waals surface area contributed by atoms with E-state index in [1.807, 2.05) is 12.1 Å². The van der Waals surface area contributed by atoms with Crippen LogP contribution in [0.25, 0.3) is 0 Å². The van der Waals surface area contributed by atoms with Crippen LogP contribution >= 0.6 is 0 Å². The lowest BCUT2D eigenvalue weighted by Gasteiger charge is -2.18. The zero-order valence-corrected chi connectivity index (χ0v) is 12.3. The third-order valence-corrected chi connectivity index (χ3v) is 3.42. The Bertz CT molecular complexity index is 534. The lowest BCUT2D eigenvalue weighted by molar-refractivity contribution is 0.521. The van der Waals surface area contributed by atoms with E-state index in [-0.39, 0.29) is 0 Å². The number of hydrogen-bond donors (Lipinski definition) is 2. The fraction of sp³-hybridized carbons (Fsp3) is 0.353. The number of anilines is 1. The van der Waals surface area contributed by atoms with Gasteiger partial charge in [-0.15, -0.1) is 0 Å². The Morgan fingerprint density at radius 1 is 1.10 bits per heavy atom. The van der Waals surface area contributed by atoms with Gasteiger partial charge in [-0.05, 0) is 49.6 Å². The van der Waals surface area contributed by atoms with E-state index >= 15 is 0 Å². The van der Waals surface area contributed by atoms with Gasteiger partial charge in [0.2, 0.25) is 0 Å². The normalized spacial score (nSPS) is 12.3. The van der Waals surface area contributed by atoms with E-state index in [0.717, 1.165) is 19.4 Å². The fourth-order valence-corrected chi connectivity index (χ4v) is 2.42. The Kier molecular flexibility index (Phi) is 5.13. The summed E-state index contributed by atoms with van der Waals surface area (Å²) in [6, 6.07) is 13.2. The first-order chi connectivity index (χ1) is 9.67. The standard InChI is InChI=1S/C17H23N3/c1-3-19-16(10-14-6-4-13(2)5-7-14)11-15-8-9-20-17(18)12-15/h4-9,12,16,19H,3,10-11H2,1-2H3,(H2,18,20). The lowest BCUT2D eigenvalue weighted by Crippen LogP contribution is -2.33. The van der Waals surface area contributed by atoms with E-state index in [1.165, 1.54) is 16.7 Å². The molecule has 1 atom stereocenters. The summed E-state index contributed by atoms with van der Waals surface area (Å²) in [6.07, 6.45) is 3.77. The third kappa shape index (κ3) is 4.35. The van der Waals surface area contributed by atoms with Crippen molar-refractivity contribution < 1.29 is 0 Å². The molecule has 1 aromatic carbocycles. The van der Waals surface area contributed by atoms with Gasteiger partial charge in [-0.3, -0.25) is 0 Å². The molecule has 1 heterocycles. The van der Waals surface area contributed by atoms with Crippen molar-refractivity contribution in [3.63, 3.8) is 0 Å². The van der Waals surface area contributed by atoms with Crippen LogP contribution in [0.15, 0.2) is 42.6 Å². The predicted octanol–water partition coefficient (Wildman–Crippen LogP) is 2.74. The lowest BCUT2D eigenvalue weighted by atomic mass is 9.99. The Hall–Kier alpha value is -1.87. The van der Waals surface area contributed by atoms with Gasteiger partial charge < -0.3 is 11.1 Å². The molecule has 2 aromatic rings. The smallest absolute Gasteiger partial charge is 0.123 e. The number of aryl methyl sites for hydroxylation is 1. The molecular formula is C17H23N3. The number of benzene rings is 1. The molecule has 1 aromatic heterocycles. The van der Waals surface area contributed by atoms with Crippen molar-refractivity contribution in [2.75, 3.05) is 12.3 Å². The maximum absolute atomic E-state index is 5.75. The van der Waals surface area contributed by atoms with E-state index in [1.54, 1.807) is 6.20 Å². The van der Waals surface area contributed by atoms with Crippen LogP contribution in [0.1, 0.15) is 23.6 Å². The van der Waals surface area contributed by atoms with Crippen LogP contribution in [-0.2, 0) is 12.8 Å². The zero-order valence-electron chi connectivity index (χ0n) is 12.3. The summed E-state index contributed by atoms with van der Waals surface area (Å²) in [7, 11) is 0. The van der Waals surface area contributed by atoms with Crippen LogP contribution in [0.2, 0.25) is 0 Å². The van der Waals surface area contributed by atoms with Gasteiger partial charge in [-0.2, -0.15) is 0 Å². The molecule has 0 aliphatic heterocycles. The highest BCUT2D eigenvalue weighted by Gasteiger charge is 2.10. The van der Waals surface area contributed by atoms with Gasteiger partial charge in [-0.25, -0.2) is 4.98 Å². The number of aromatic nitrogens is 1. The van der Waals surface area contributed by atoms with E-state index < -0.39 is 0 Å². The number of rotatable bonds is 6. The SMILES string of the molecule is CCNC(Cc1ccc(C)cc1)Cc1ccnc(N)c1. The molecule has 3 nitrogen and oxygen atoms in total. The van der Waals surface area contributed by atoms with Gasteiger partial charge in [0.25, 0.3) is 0 Å². The van der Waals surface area contributed by atoms with Crippen LogP contribution < -0.4 is 11.1 Å². The maximum Gasteiger partial charge on any atom is 0.123 e. The number of nitrogens with two attached hydrogens (primary N) is 1. The molecule has 0 radical (unpaired) electrons. The van der Waals surface area contributed by atoms with Crippen molar-refractivity contribution in [3.8, 4) is 0 Å². The number of nitrogen functional groups attached to an aromatic ring is 1. The fourth-order valence-electron chi connectivity index (χ4n) is 2.42. The Balaban J connectivity index is 2.05. The molecule has 0 aliphatic rings. The second-order valence-corrected chi connectivity index (χ2v) is 5.24. The van der Waals surface area contributed by atoms with Crippen molar-refractivity contribution in [3.05, 3.63) is 59.3 Å². The molecular weight excluding hydrogens is 246 g/mol. The van der Waals surface area contributed by atoms with Crippen LogP contribution in [0.4, 0.5) is 5.82 Å². The van der Waals surface area contributed by atoms with Gasteiger partial charge in [0, 0.05) is 12.2 Å². The average Bonchev–Trinajstić information content (AvgIpc) is 2.42. The summed E-state index contributed by atoms with van der Waals surface area (Å²) in [5.41, 5.74) is 9.64. The highest BCUT2D eigenvalue weighted by Crippen LogP contribution is 2.11.